The first kappa shape index (κ1) is 17.0. The number of hydrogen-bond donors (Lipinski definition) is 1. The third kappa shape index (κ3) is 3.68. The minimum absolute atomic E-state index is 0.194. The van der Waals surface area contributed by atoms with Gasteiger partial charge in [-0.2, -0.15) is 4.31 Å². The Hall–Kier alpha value is -0.400. The lowest BCUT2D eigenvalue weighted by molar-refractivity contribution is 0.258. The van der Waals surface area contributed by atoms with Gasteiger partial charge in [-0.05, 0) is 43.9 Å². The molecule has 1 aromatic rings. The molecule has 1 aromatic carbocycles. The molecule has 1 fully saturated rings. The molecule has 118 valence electrons. The van der Waals surface area contributed by atoms with Gasteiger partial charge in [-0.1, -0.05) is 23.2 Å². The van der Waals surface area contributed by atoms with Gasteiger partial charge in [-0.25, -0.2) is 12.8 Å². The Balaban J connectivity index is 2.34. The SMILES string of the molecule is NCCC1CCCN(S(=O)(=O)c2c(Cl)cc(F)cc2Cl)C1. The van der Waals surface area contributed by atoms with E-state index in [4.69, 9.17) is 28.9 Å². The first-order chi connectivity index (χ1) is 9.86. The quantitative estimate of drug-likeness (QED) is 0.903. The summed E-state index contributed by atoms with van der Waals surface area (Å²) in [6.07, 6.45) is 2.49. The summed E-state index contributed by atoms with van der Waals surface area (Å²) in [5.41, 5.74) is 5.54. The molecule has 0 bridgehead atoms. The van der Waals surface area contributed by atoms with Crippen LogP contribution >= 0.6 is 23.2 Å². The van der Waals surface area contributed by atoms with Crippen LogP contribution in [-0.2, 0) is 10.0 Å². The van der Waals surface area contributed by atoms with E-state index in [0.717, 1.165) is 31.4 Å². The molecule has 1 aliphatic heterocycles. The number of rotatable bonds is 4. The minimum atomic E-state index is -3.83. The van der Waals surface area contributed by atoms with Crippen molar-refractivity contribution in [3.63, 3.8) is 0 Å². The van der Waals surface area contributed by atoms with Gasteiger partial charge in [-0.3, -0.25) is 0 Å². The van der Waals surface area contributed by atoms with E-state index in [0.29, 0.717) is 19.6 Å². The third-order valence-corrected chi connectivity index (χ3v) is 6.41. The molecule has 0 aliphatic carbocycles. The van der Waals surface area contributed by atoms with Gasteiger partial charge in [0.2, 0.25) is 10.0 Å². The van der Waals surface area contributed by atoms with Crippen LogP contribution in [0.5, 0.6) is 0 Å². The lowest BCUT2D eigenvalue weighted by Crippen LogP contribution is -2.40. The second kappa shape index (κ2) is 6.79. The highest BCUT2D eigenvalue weighted by Crippen LogP contribution is 2.34. The molecule has 1 heterocycles. The molecule has 0 amide bonds. The standard InChI is InChI=1S/C13H17Cl2FN2O2S/c14-11-6-10(16)7-12(15)13(11)21(19,20)18-5-1-2-9(8-18)3-4-17/h6-7,9H,1-5,8,17H2. The molecule has 1 atom stereocenters. The van der Waals surface area contributed by atoms with Crippen LogP contribution in [0, 0.1) is 11.7 Å². The van der Waals surface area contributed by atoms with Gasteiger partial charge in [0, 0.05) is 13.1 Å². The Kier molecular flexibility index (Phi) is 5.48. The highest BCUT2D eigenvalue weighted by molar-refractivity contribution is 7.89. The van der Waals surface area contributed by atoms with Crippen molar-refractivity contribution in [2.24, 2.45) is 11.7 Å². The predicted octanol–water partition coefficient (Wildman–Crippen LogP) is 2.88. The summed E-state index contributed by atoms with van der Waals surface area (Å²) in [6, 6.07) is 1.92. The van der Waals surface area contributed by atoms with E-state index >= 15 is 0 Å². The van der Waals surface area contributed by atoms with Crippen molar-refractivity contribution in [2.75, 3.05) is 19.6 Å². The zero-order valence-corrected chi connectivity index (χ0v) is 13.7. The molecule has 2 N–H and O–H groups in total. The van der Waals surface area contributed by atoms with Crippen molar-refractivity contribution in [3.8, 4) is 0 Å². The van der Waals surface area contributed by atoms with E-state index in [1.54, 1.807) is 0 Å². The number of hydrogen-bond acceptors (Lipinski definition) is 3. The Morgan fingerprint density at radius 3 is 2.52 bits per heavy atom. The number of nitrogens with zero attached hydrogens (tertiary/aromatic N) is 1. The monoisotopic (exact) mass is 354 g/mol. The largest absolute Gasteiger partial charge is 0.330 e. The van der Waals surface area contributed by atoms with Crippen molar-refractivity contribution in [3.05, 3.63) is 28.0 Å². The molecule has 1 saturated heterocycles. The topological polar surface area (TPSA) is 63.4 Å². The van der Waals surface area contributed by atoms with Crippen LogP contribution in [-0.4, -0.2) is 32.4 Å². The van der Waals surface area contributed by atoms with Crippen LogP contribution in [0.4, 0.5) is 4.39 Å². The van der Waals surface area contributed by atoms with E-state index in [2.05, 4.69) is 0 Å². The normalized spacial score (nSPS) is 20.7. The molecule has 4 nitrogen and oxygen atoms in total. The molecule has 0 radical (unpaired) electrons. The lowest BCUT2D eigenvalue weighted by atomic mass is 9.96. The number of benzene rings is 1. The molecule has 8 heteroatoms. The molecule has 2 rings (SSSR count). The molecule has 0 saturated carbocycles. The Morgan fingerprint density at radius 1 is 1.33 bits per heavy atom. The van der Waals surface area contributed by atoms with Crippen molar-refractivity contribution < 1.29 is 12.8 Å². The summed E-state index contributed by atoms with van der Waals surface area (Å²) >= 11 is 11.8. The van der Waals surface area contributed by atoms with Gasteiger partial charge < -0.3 is 5.73 Å². The fraction of sp³-hybridized carbons (Fsp3) is 0.538. The van der Waals surface area contributed by atoms with Crippen LogP contribution in [0.25, 0.3) is 0 Å². The zero-order chi connectivity index (χ0) is 15.6. The number of halogens is 3. The number of sulfonamides is 1. The highest BCUT2D eigenvalue weighted by Gasteiger charge is 2.33. The second-order valence-corrected chi connectivity index (χ2v) is 7.84. The zero-order valence-electron chi connectivity index (χ0n) is 11.4. The molecule has 0 aromatic heterocycles. The summed E-state index contributed by atoms with van der Waals surface area (Å²) in [6.45, 7) is 1.33. The van der Waals surface area contributed by atoms with Crippen molar-refractivity contribution in [2.45, 2.75) is 24.2 Å². The fourth-order valence-corrected chi connectivity index (χ4v) is 5.31. The first-order valence-electron chi connectivity index (χ1n) is 6.71. The minimum Gasteiger partial charge on any atom is -0.330 e. The Morgan fingerprint density at radius 2 is 1.95 bits per heavy atom. The average molecular weight is 355 g/mol. The third-order valence-electron chi connectivity index (χ3n) is 3.62. The highest BCUT2D eigenvalue weighted by atomic mass is 35.5. The van der Waals surface area contributed by atoms with Crippen molar-refractivity contribution >= 4 is 33.2 Å². The average Bonchev–Trinajstić information content (AvgIpc) is 2.37. The fourth-order valence-electron chi connectivity index (χ4n) is 2.62. The van der Waals surface area contributed by atoms with Gasteiger partial charge >= 0.3 is 0 Å². The van der Waals surface area contributed by atoms with Crippen LogP contribution in [0.3, 0.4) is 0 Å². The van der Waals surface area contributed by atoms with Crippen LogP contribution in [0.2, 0.25) is 10.0 Å². The molecule has 0 spiro atoms. The van der Waals surface area contributed by atoms with Gasteiger partial charge in [0.1, 0.15) is 10.7 Å². The van der Waals surface area contributed by atoms with Crippen molar-refractivity contribution in [1.82, 2.24) is 4.31 Å². The van der Waals surface area contributed by atoms with Crippen molar-refractivity contribution in [1.29, 1.82) is 0 Å². The van der Waals surface area contributed by atoms with Crippen LogP contribution in [0.15, 0.2) is 17.0 Å². The summed E-state index contributed by atoms with van der Waals surface area (Å²) in [5, 5.41) is -0.387. The predicted molar refractivity (Wildman–Crippen MR) is 81.6 cm³/mol. The van der Waals surface area contributed by atoms with Gasteiger partial charge in [-0.15, -0.1) is 0 Å². The summed E-state index contributed by atoms with van der Waals surface area (Å²) < 4.78 is 40.0. The van der Waals surface area contributed by atoms with Gasteiger partial charge in [0.05, 0.1) is 10.0 Å². The summed E-state index contributed by atoms with van der Waals surface area (Å²) in [5.74, 6) is -0.430. The number of nitrogens with two attached hydrogens (primary N) is 1. The molecule has 1 unspecified atom stereocenters. The molecule has 21 heavy (non-hydrogen) atoms. The molecule has 1 aliphatic rings. The van der Waals surface area contributed by atoms with E-state index in [1.807, 2.05) is 0 Å². The molecular formula is C13H17Cl2FN2O2S. The van der Waals surface area contributed by atoms with E-state index in [9.17, 15) is 12.8 Å². The van der Waals surface area contributed by atoms with Crippen LogP contribution < -0.4 is 5.73 Å². The maximum absolute atomic E-state index is 13.2. The summed E-state index contributed by atoms with van der Waals surface area (Å²) in [7, 11) is -3.83. The van der Waals surface area contributed by atoms with Gasteiger partial charge in [0.25, 0.3) is 0 Å². The van der Waals surface area contributed by atoms with E-state index < -0.39 is 15.8 Å². The maximum atomic E-state index is 13.2. The second-order valence-electron chi connectivity index (χ2n) is 5.15. The summed E-state index contributed by atoms with van der Waals surface area (Å²) in [4.78, 5) is -0.222. The van der Waals surface area contributed by atoms with Crippen LogP contribution in [0.1, 0.15) is 19.3 Å². The Bertz CT molecular complexity index is 600. The smallest absolute Gasteiger partial charge is 0.246 e. The Labute approximate surface area is 134 Å². The van der Waals surface area contributed by atoms with Gasteiger partial charge in [0.15, 0.2) is 0 Å². The molecular weight excluding hydrogens is 338 g/mol. The lowest BCUT2D eigenvalue weighted by Gasteiger charge is -2.32. The number of piperidine rings is 1. The maximum Gasteiger partial charge on any atom is 0.246 e. The van der Waals surface area contributed by atoms with E-state index in [1.165, 1.54) is 4.31 Å². The van der Waals surface area contributed by atoms with E-state index in [-0.39, 0.29) is 20.9 Å². The first-order valence-corrected chi connectivity index (χ1v) is 8.90.